The van der Waals surface area contributed by atoms with E-state index in [-0.39, 0.29) is 11.3 Å². The third-order valence-electron chi connectivity index (χ3n) is 3.63. The molecule has 118 valence electrons. The highest BCUT2D eigenvalue weighted by Gasteiger charge is 2.17. The van der Waals surface area contributed by atoms with Crippen LogP contribution in [-0.2, 0) is 0 Å². The van der Waals surface area contributed by atoms with Crippen LogP contribution in [0.1, 0.15) is 23.0 Å². The van der Waals surface area contributed by atoms with Crippen molar-refractivity contribution < 1.29 is 13.9 Å². The second-order valence-electron chi connectivity index (χ2n) is 5.11. The minimum absolute atomic E-state index is 0.00209. The summed E-state index contributed by atoms with van der Waals surface area (Å²) in [5.41, 5.74) is 0.716. The fourth-order valence-corrected chi connectivity index (χ4v) is 2.54. The zero-order chi connectivity index (χ0) is 16.9. The summed E-state index contributed by atoms with van der Waals surface area (Å²) in [6.07, 6.45) is 2.98. The lowest BCUT2D eigenvalue weighted by Crippen LogP contribution is -2.01. The van der Waals surface area contributed by atoms with Crippen molar-refractivity contribution in [2.24, 2.45) is 0 Å². The molecular weight excluding hydrogens is 302 g/mol. The summed E-state index contributed by atoms with van der Waals surface area (Å²) in [5, 5.41) is 11.4. The fourth-order valence-electron chi connectivity index (χ4n) is 2.54. The topological polar surface area (TPSA) is 63.2 Å². The van der Waals surface area contributed by atoms with Gasteiger partial charge in [0.2, 0.25) is 5.78 Å². The second kappa shape index (κ2) is 6.84. The van der Waals surface area contributed by atoms with E-state index < -0.39 is 5.78 Å². The van der Waals surface area contributed by atoms with Crippen molar-refractivity contribution in [3.8, 4) is 11.8 Å². The number of fused-ring (bicyclic) bond motifs is 1. The number of carbonyl (C=O) groups excluding carboxylic acids is 1. The molecule has 0 bridgehead atoms. The highest BCUT2D eigenvalue weighted by molar-refractivity contribution is 6.13. The Morgan fingerprint density at radius 1 is 1.21 bits per heavy atom. The van der Waals surface area contributed by atoms with Crippen LogP contribution in [0.4, 0.5) is 0 Å². The first-order chi connectivity index (χ1) is 11.7. The van der Waals surface area contributed by atoms with Gasteiger partial charge < -0.3 is 9.15 Å². The lowest BCUT2D eigenvalue weighted by molar-refractivity contribution is 0.101. The Hall–Kier alpha value is -3.32. The van der Waals surface area contributed by atoms with Crippen molar-refractivity contribution >= 4 is 22.6 Å². The first-order valence-electron chi connectivity index (χ1n) is 7.59. The maximum absolute atomic E-state index is 12.4. The number of benzene rings is 2. The number of nitriles is 1. The number of Topliss-reactive ketones (excluding diaryl/α,β-unsaturated/α-hetero) is 1. The van der Waals surface area contributed by atoms with Crippen molar-refractivity contribution in [3.63, 3.8) is 0 Å². The predicted molar refractivity (Wildman–Crippen MR) is 91.7 cm³/mol. The highest BCUT2D eigenvalue weighted by Crippen LogP contribution is 2.30. The molecule has 1 heterocycles. The van der Waals surface area contributed by atoms with Crippen LogP contribution >= 0.6 is 0 Å². The Balaban J connectivity index is 2.17. The van der Waals surface area contributed by atoms with E-state index in [1.807, 2.05) is 49.4 Å². The molecule has 0 amide bonds. The van der Waals surface area contributed by atoms with Gasteiger partial charge in [-0.25, -0.2) is 0 Å². The van der Waals surface area contributed by atoms with E-state index in [1.165, 1.54) is 6.26 Å². The van der Waals surface area contributed by atoms with Crippen LogP contribution in [0.15, 0.2) is 64.8 Å². The molecule has 0 saturated carbocycles. The molecule has 1 aromatic heterocycles. The summed E-state index contributed by atoms with van der Waals surface area (Å²) >= 11 is 0. The largest absolute Gasteiger partial charge is 0.493 e. The molecule has 24 heavy (non-hydrogen) atoms. The molecule has 3 rings (SSSR count). The Labute approximate surface area is 139 Å². The van der Waals surface area contributed by atoms with Crippen LogP contribution in [0.5, 0.6) is 5.75 Å². The molecule has 0 N–H and O–H groups in total. The van der Waals surface area contributed by atoms with E-state index in [0.29, 0.717) is 17.9 Å². The van der Waals surface area contributed by atoms with Crippen molar-refractivity contribution in [3.05, 3.63) is 71.7 Å². The average Bonchev–Trinajstić information content (AvgIpc) is 3.15. The van der Waals surface area contributed by atoms with Gasteiger partial charge in [-0.2, -0.15) is 5.26 Å². The fraction of sp³-hybridized carbons (Fsp3) is 0.100. The van der Waals surface area contributed by atoms with Gasteiger partial charge >= 0.3 is 0 Å². The summed E-state index contributed by atoms with van der Waals surface area (Å²) in [6.45, 7) is 2.38. The standard InChI is InChI=1S/C20H15NO3/c1-2-23-18-10-9-14-6-3-4-7-16(14)17(18)12-15(13-21)20(22)19-8-5-11-24-19/h3-12H,2H2,1H3/b15-12+. The van der Waals surface area contributed by atoms with Crippen molar-refractivity contribution in [2.45, 2.75) is 6.92 Å². The molecule has 4 nitrogen and oxygen atoms in total. The summed E-state index contributed by atoms with van der Waals surface area (Å²) in [5.74, 6) is 0.329. The molecule has 0 aliphatic carbocycles. The lowest BCUT2D eigenvalue weighted by atomic mass is 9.99. The van der Waals surface area contributed by atoms with Gasteiger partial charge in [0.1, 0.15) is 17.4 Å². The summed E-state index contributed by atoms with van der Waals surface area (Å²) in [6, 6.07) is 16.7. The molecular formula is C20H15NO3. The van der Waals surface area contributed by atoms with Gasteiger partial charge in [-0.05, 0) is 42.0 Å². The number of furan rings is 1. The van der Waals surface area contributed by atoms with Crippen molar-refractivity contribution in [1.29, 1.82) is 5.26 Å². The van der Waals surface area contributed by atoms with Gasteiger partial charge in [0.15, 0.2) is 5.76 Å². The van der Waals surface area contributed by atoms with Crippen LogP contribution in [0, 0.1) is 11.3 Å². The molecule has 0 fully saturated rings. The van der Waals surface area contributed by atoms with Crippen LogP contribution in [-0.4, -0.2) is 12.4 Å². The second-order valence-corrected chi connectivity index (χ2v) is 5.11. The summed E-state index contributed by atoms with van der Waals surface area (Å²) < 4.78 is 10.8. The Morgan fingerprint density at radius 2 is 2.04 bits per heavy atom. The minimum atomic E-state index is -0.446. The van der Waals surface area contributed by atoms with Gasteiger partial charge in [-0.15, -0.1) is 0 Å². The average molecular weight is 317 g/mol. The van der Waals surface area contributed by atoms with E-state index in [9.17, 15) is 10.1 Å². The predicted octanol–water partition coefficient (Wildman–Crippen LogP) is 4.62. The third-order valence-corrected chi connectivity index (χ3v) is 3.63. The summed E-state index contributed by atoms with van der Waals surface area (Å²) in [4.78, 5) is 12.4. The number of hydrogen-bond acceptors (Lipinski definition) is 4. The van der Waals surface area contributed by atoms with Gasteiger partial charge in [-0.1, -0.05) is 30.3 Å². The first-order valence-corrected chi connectivity index (χ1v) is 7.59. The number of rotatable bonds is 5. The Kier molecular flexibility index (Phi) is 4.44. The van der Waals surface area contributed by atoms with E-state index in [4.69, 9.17) is 9.15 Å². The Morgan fingerprint density at radius 3 is 2.75 bits per heavy atom. The van der Waals surface area contributed by atoms with Crippen LogP contribution in [0.25, 0.3) is 16.8 Å². The molecule has 4 heteroatoms. The molecule has 0 radical (unpaired) electrons. The van der Waals surface area contributed by atoms with Gasteiger partial charge in [0.25, 0.3) is 0 Å². The number of ketones is 1. The zero-order valence-corrected chi connectivity index (χ0v) is 13.2. The number of hydrogen-bond donors (Lipinski definition) is 0. The summed E-state index contributed by atoms with van der Waals surface area (Å²) in [7, 11) is 0. The molecule has 2 aromatic carbocycles. The van der Waals surface area contributed by atoms with E-state index in [2.05, 4.69) is 0 Å². The van der Waals surface area contributed by atoms with Crippen LogP contribution in [0.2, 0.25) is 0 Å². The van der Waals surface area contributed by atoms with Crippen molar-refractivity contribution in [2.75, 3.05) is 6.61 Å². The van der Waals surface area contributed by atoms with Crippen LogP contribution < -0.4 is 4.74 Å². The monoisotopic (exact) mass is 317 g/mol. The number of nitrogens with zero attached hydrogens (tertiary/aromatic N) is 1. The van der Waals surface area contributed by atoms with E-state index in [0.717, 1.165) is 10.8 Å². The van der Waals surface area contributed by atoms with Crippen LogP contribution in [0.3, 0.4) is 0 Å². The maximum atomic E-state index is 12.4. The smallest absolute Gasteiger partial charge is 0.238 e. The van der Waals surface area contributed by atoms with E-state index >= 15 is 0 Å². The molecule has 0 spiro atoms. The van der Waals surface area contributed by atoms with Gasteiger partial charge in [0.05, 0.1) is 12.9 Å². The third kappa shape index (κ3) is 2.92. The number of allylic oxidation sites excluding steroid dienone is 1. The molecule has 0 atom stereocenters. The molecule has 3 aromatic rings. The molecule has 0 aliphatic rings. The quantitative estimate of drug-likeness (QED) is 0.391. The maximum Gasteiger partial charge on any atom is 0.238 e. The minimum Gasteiger partial charge on any atom is -0.493 e. The zero-order valence-electron chi connectivity index (χ0n) is 13.2. The molecule has 0 aliphatic heterocycles. The molecule has 0 unspecified atom stereocenters. The van der Waals surface area contributed by atoms with Gasteiger partial charge in [0, 0.05) is 5.56 Å². The lowest BCUT2D eigenvalue weighted by Gasteiger charge is -2.11. The first kappa shape index (κ1) is 15.6. The Bertz CT molecular complexity index is 947. The normalized spacial score (nSPS) is 11.2. The SMILES string of the molecule is CCOc1ccc2ccccc2c1/C=C(\C#N)C(=O)c1ccco1. The molecule has 0 saturated heterocycles. The highest BCUT2D eigenvalue weighted by atomic mass is 16.5. The van der Waals surface area contributed by atoms with Crippen molar-refractivity contribution in [1.82, 2.24) is 0 Å². The number of carbonyl (C=O) groups is 1. The van der Waals surface area contributed by atoms with Gasteiger partial charge in [-0.3, -0.25) is 4.79 Å². The number of ether oxygens (including phenoxy) is 1. The van der Waals surface area contributed by atoms with E-state index in [1.54, 1.807) is 18.2 Å².